The van der Waals surface area contributed by atoms with Crippen LogP contribution in [-0.4, -0.2) is 14.2 Å². The first-order valence-corrected chi connectivity index (χ1v) is 4.91. The zero-order chi connectivity index (χ0) is 11.8. The Bertz CT molecular complexity index is 371. The maximum absolute atomic E-state index is 12.6. The van der Waals surface area contributed by atoms with Crippen LogP contribution >= 0.6 is 0 Å². The molecule has 1 aromatic rings. The van der Waals surface area contributed by atoms with Gasteiger partial charge in [-0.25, -0.2) is 4.39 Å². The number of hydrogen-bond acceptors (Lipinski definition) is 3. The van der Waals surface area contributed by atoms with E-state index in [4.69, 9.17) is 8.42 Å². The molecule has 5 heteroatoms. The highest BCUT2D eigenvalue weighted by Crippen LogP contribution is 2.09. The van der Waals surface area contributed by atoms with Gasteiger partial charge in [-0.05, 0) is 12.1 Å². The molecule has 0 saturated heterocycles. The predicted molar refractivity (Wildman–Crippen MR) is 54.5 cm³/mol. The summed E-state index contributed by atoms with van der Waals surface area (Å²) in [6.45, 7) is 3.60. The van der Waals surface area contributed by atoms with E-state index < -0.39 is 11.6 Å². The van der Waals surface area contributed by atoms with Crippen molar-refractivity contribution in [3.05, 3.63) is 35.6 Å². The van der Waals surface area contributed by atoms with Gasteiger partial charge in [-0.1, -0.05) is 26.0 Å². The van der Waals surface area contributed by atoms with Crippen LogP contribution in [0.4, 0.5) is 4.39 Å². The largest absolute Gasteiger partial charge is 0.335 e. The molecule has 0 heterocycles. The van der Waals surface area contributed by atoms with Gasteiger partial charge >= 0.3 is 11.6 Å². The molecule has 0 atom stereocenters. The van der Waals surface area contributed by atoms with E-state index in [-0.39, 0.29) is 17.5 Å². The summed E-state index contributed by atoms with van der Waals surface area (Å²) in [5.74, 6) is -0.456. The van der Waals surface area contributed by atoms with Crippen molar-refractivity contribution in [2.24, 2.45) is 5.92 Å². The van der Waals surface area contributed by atoms with E-state index in [0.717, 1.165) is 0 Å². The minimum atomic E-state index is -0.750. The predicted octanol–water partition coefficient (Wildman–Crippen LogP) is 1.99. The summed E-state index contributed by atoms with van der Waals surface area (Å²) in [7, 11) is 0. The van der Waals surface area contributed by atoms with Crippen LogP contribution in [-0.2, 0) is 11.6 Å². The first-order chi connectivity index (χ1) is 7.02. The number of Topliss-reactive ketones (excluding diaryl/α,β-unsaturated/α-hetero) is 1. The van der Waals surface area contributed by atoms with Crippen molar-refractivity contribution < 1.29 is 17.6 Å². The summed E-state index contributed by atoms with van der Waals surface area (Å²) < 4.78 is 29.2. The van der Waals surface area contributed by atoms with Crippen molar-refractivity contribution >= 4 is 17.4 Å². The first-order valence-electron chi connectivity index (χ1n) is 4.24. The maximum atomic E-state index is 12.6. The minimum absolute atomic E-state index is 0.0190. The van der Waals surface area contributed by atoms with Gasteiger partial charge in [0.2, 0.25) is 0 Å². The zero-order valence-electron chi connectivity index (χ0n) is 8.40. The van der Waals surface area contributed by atoms with Gasteiger partial charge in [0, 0.05) is 11.5 Å². The van der Waals surface area contributed by atoms with Crippen LogP contribution in [0.15, 0.2) is 24.3 Å². The summed E-state index contributed by atoms with van der Waals surface area (Å²) in [6.07, 6.45) is 0. The lowest BCUT2D eigenvalue weighted by atomic mass is 10.0. The Hall–Kier alpha value is -1.36. The number of hydrogen-bond donors (Lipinski definition) is 0. The topological polar surface area (TPSA) is 51.2 Å². The molecule has 0 aliphatic rings. The monoisotopic (exact) mass is 230 g/mol. The van der Waals surface area contributed by atoms with Gasteiger partial charge in [-0.15, -0.1) is 0 Å². The number of carbonyl (C=O) groups excluding carboxylic acids is 1. The normalized spacial score (nSPS) is 9.07. The van der Waals surface area contributed by atoms with E-state index in [1.165, 1.54) is 12.1 Å². The molecule has 15 heavy (non-hydrogen) atoms. The fraction of sp³-hybridized carbons (Fsp3) is 0.300. The Kier molecular flexibility index (Phi) is 6.37. The van der Waals surface area contributed by atoms with Crippen LogP contribution in [0, 0.1) is 11.7 Å². The smallest absolute Gasteiger partial charge is 0.294 e. The van der Waals surface area contributed by atoms with Gasteiger partial charge in [0.25, 0.3) is 0 Å². The molecule has 0 bridgehead atoms. The lowest BCUT2D eigenvalue weighted by Crippen LogP contribution is -2.07. The minimum Gasteiger partial charge on any atom is -0.294 e. The van der Waals surface area contributed by atoms with Crippen molar-refractivity contribution in [1.29, 1.82) is 0 Å². The molecule has 1 rings (SSSR count). The van der Waals surface area contributed by atoms with Crippen LogP contribution in [0.2, 0.25) is 0 Å². The van der Waals surface area contributed by atoms with E-state index in [1.54, 1.807) is 26.0 Å². The standard InChI is InChI=1S/C10H11FO.O2S/c1-7(2)10(12)8-4-3-5-9(11)6-8;1-3-2/h3-7H,1-2H3;. The Morgan fingerprint density at radius 1 is 1.33 bits per heavy atom. The number of ketones is 1. The van der Waals surface area contributed by atoms with E-state index in [9.17, 15) is 9.18 Å². The van der Waals surface area contributed by atoms with Gasteiger partial charge in [0.1, 0.15) is 5.82 Å². The van der Waals surface area contributed by atoms with Crippen molar-refractivity contribution in [3.8, 4) is 0 Å². The molecule has 0 spiro atoms. The van der Waals surface area contributed by atoms with Crippen molar-refractivity contribution in [2.45, 2.75) is 13.8 Å². The highest BCUT2D eigenvalue weighted by molar-refractivity contribution is 7.51. The van der Waals surface area contributed by atoms with E-state index >= 15 is 0 Å². The molecular formula is C10H11FO3S. The molecule has 0 fully saturated rings. The quantitative estimate of drug-likeness (QED) is 0.730. The molecule has 3 nitrogen and oxygen atoms in total. The van der Waals surface area contributed by atoms with E-state index in [0.29, 0.717) is 5.56 Å². The molecule has 0 aliphatic carbocycles. The molecule has 1 aromatic carbocycles. The molecule has 0 amide bonds. The SMILES string of the molecule is CC(C)C(=O)c1cccc(F)c1.O=S=O. The molecule has 82 valence electrons. The van der Waals surface area contributed by atoms with Crippen LogP contribution in [0.3, 0.4) is 0 Å². The fourth-order valence-electron chi connectivity index (χ4n) is 0.975. The third-order valence-corrected chi connectivity index (χ3v) is 1.63. The third kappa shape index (κ3) is 5.17. The average molecular weight is 230 g/mol. The molecule has 0 unspecified atom stereocenters. The number of halogens is 1. The second-order valence-corrected chi connectivity index (χ2v) is 3.23. The van der Waals surface area contributed by atoms with E-state index in [2.05, 4.69) is 0 Å². The lowest BCUT2D eigenvalue weighted by molar-refractivity contribution is 0.0939. The lowest BCUT2D eigenvalue weighted by Gasteiger charge is -2.02. The Balaban J connectivity index is 0.000000583. The van der Waals surface area contributed by atoms with Crippen LogP contribution in [0.1, 0.15) is 24.2 Å². The molecule has 0 aromatic heterocycles. The molecule has 0 saturated carbocycles. The summed E-state index contributed by atoms with van der Waals surface area (Å²) in [6, 6.07) is 5.77. The average Bonchev–Trinajstić information content (AvgIpc) is 2.17. The third-order valence-electron chi connectivity index (χ3n) is 1.63. The summed E-state index contributed by atoms with van der Waals surface area (Å²) in [5.41, 5.74) is 0.449. The summed E-state index contributed by atoms with van der Waals surface area (Å²) >= 11 is -0.750. The highest BCUT2D eigenvalue weighted by Gasteiger charge is 2.09. The van der Waals surface area contributed by atoms with Crippen LogP contribution < -0.4 is 0 Å². The van der Waals surface area contributed by atoms with Gasteiger partial charge in [-0.3, -0.25) is 4.79 Å². The second kappa shape index (κ2) is 7.00. The molecular weight excluding hydrogens is 219 g/mol. The van der Waals surface area contributed by atoms with Crippen LogP contribution in [0.5, 0.6) is 0 Å². The number of carbonyl (C=O) groups is 1. The van der Waals surface area contributed by atoms with Crippen molar-refractivity contribution in [3.63, 3.8) is 0 Å². The summed E-state index contributed by atoms with van der Waals surface area (Å²) in [5, 5.41) is 0. The maximum Gasteiger partial charge on any atom is 0.335 e. The Labute approximate surface area is 90.9 Å². The van der Waals surface area contributed by atoms with Gasteiger partial charge in [0.05, 0.1) is 0 Å². The Morgan fingerprint density at radius 2 is 1.87 bits per heavy atom. The second-order valence-electron chi connectivity index (χ2n) is 3.10. The summed E-state index contributed by atoms with van der Waals surface area (Å²) in [4.78, 5) is 11.3. The van der Waals surface area contributed by atoms with Crippen molar-refractivity contribution in [1.82, 2.24) is 0 Å². The highest BCUT2D eigenvalue weighted by atomic mass is 32.1. The van der Waals surface area contributed by atoms with E-state index in [1.807, 2.05) is 0 Å². The van der Waals surface area contributed by atoms with Crippen LogP contribution in [0.25, 0.3) is 0 Å². The van der Waals surface area contributed by atoms with Gasteiger partial charge < -0.3 is 0 Å². The zero-order valence-corrected chi connectivity index (χ0v) is 9.21. The number of benzene rings is 1. The molecule has 0 radical (unpaired) electrons. The van der Waals surface area contributed by atoms with Gasteiger partial charge in [0.15, 0.2) is 5.78 Å². The first kappa shape index (κ1) is 13.6. The number of rotatable bonds is 2. The molecule has 0 N–H and O–H groups in total. The fourth-order valence-corrected chi connectivity index (χ4v) is 0.975. The Morgan fingerprint density at radius 3 is 2.27 bits per heavy atom. The molecule has 0 aliphatic heterocycles. The van der Waals surface area contributed by atoms with Crippen molar-refractivity contribution in [2.75, 3.05) is 0 Å². The van der Waals surface area contributed by atoms with Gasteiger partial charge in [-0.2, -0.15) is 8.42 Å².